The van der Waals surface area contributed by atoms with Gasteiger partial charge in [-0.3, -0.25) is 0 Å². The third-order valence-corrected chi connectivity index (χ3v) is 5.32. The van der Waals surface area contributed by atoms with E-state index in [9.17, 15) is 22.8 Å². The summed E-state index contributed by atoms with van der Waals surface area (Å²) in [5.74, 6) is 2.86. The number of halogens is 3. The van der Waals surface area contributed by atoms with Gasteiger partial charge in [-0.25, -0.2) is 29.1 Å². The summed E-state index contributed by atoms with van der Waals surface area (Å²) in [6.07, 6.45) is -0.814. The molecule has 0 aliphatic carbocycles. The summed E-state index contributed by atoms with van der Waals surface area (Å²) in [5.41, 5.74) is 2.40. The number of aromatic nitrogens is 4. The summed E-state index contributed by atoms with van der Waals surface area (Å²) in [5, 5.41) is 11.6. The summed E-state index contributed by atoms with van der Waals surface area (Å²) < 4.78 is 44.0. The normalized spacial score (nSPS) is 15.0. The van der Waals surface area contributed by atoms with Crippen LogP contribution < -0.4 is 5.32 Å². The Bertz CT molecular complexity index is 1610. The van der Waals surface area contributed by atoms with Crippen LogP contribution in [-0.2, 0) is 9.53 Å². The van der Waals surface area contributed by atoms with E-state index in [-0.39, 0.29) is 6.42 Å². The largest absolute Gasteiger partial charge is 0.491 e. The van der Waals surface area contributed by atoms with Crippen molar-refractivity contribution in [2.75, 3.05) is 5.32 Å². The zero-order valence-electron chi connectivity index (χ0n) is 19.3. The molecule has 1 atom stereocenters. The Hall–Kier alpha value is -5.25. The molecule has 4 heterocycles. The van der Waals surface area contributed by atoms with E-state index in [1.54, 1.807) is 59.4 Å². The number of hydrazone groups is 1. The number of amides is 2. The number of anilines is 1. The van der Waals surface area contributed by atoms with Gasteiger partial charge in [0.1, 0.15) is 11.4 Å². The second-order valence-corrected chi connectivity index (χ2v) is 7.90. The number of esters is 1. The summed E-state index contributed by atoms with van der Waals surface area (Å²) in [7, 11) is 0. The van der Waals surface area contributed by atoms with Crippen LogP contribution in [0, 0.1) is 11.8 Å². The summed E-state index contributed by atoms with van der Waals surface area (Å²) >= 11 is 0. The third kappa shape index (κ3) is 5.29. The minimum Gasteiger partial charge on any atom is -0.403 e. The average molecular weight is 519 g/mol. The number of fused-ring (bicyclic) bond motifs is 1. The van der Waals surface area contributed by atoms with Crippen molar-refractivity contribution < 1.29 is 27.5 Å². The topological polar surface area (TPSA) is 114 Å². The second-order valence-electron chi connectivity index (χ2n) is 7.90. The van der Waals surface area contributed by atoms with Crippen LogP contribution in [0.15, 0.2) is 78.3 Å². The number of urea groups is 1. The minimum atomic E-state index is -5.20. The molecule has 4 aromatic rings. The van der Waals surface area contributed by atoms with Crippen LogP contribution in [0.4, 0.5) is 23.7 Å². The predicted octanol–water partition coefficient (Wildman–Crippen LogP) is 3.92. The number of hydrogen-bond donors (Lipinski definition) is 1. The number of hydrogen-bond acceptors (Lipinski definition) is 7. The number of carbonyl (C=O) groups excluding carboxylic acids is 2. The fourth-order valence-electron chi connectivity index (χ4n) is 3.63. The van der Waals surface area contributed by atoms with Crippen molar-refractivity contribution in [3.8, 4) is 11.8 Å². The van der Waals surface area contributed by atoms with Gasteiger partial charge >= 0.3 is 18.2 Å². The Morgan fingerprint density at radius 3 is 2.63 bits per heavy atom. The van der Waals surface area contributed by atoms with E-state index >= 15 is 0 Å². The highest BCUT2D eigenvalue weighted by atomic mass is 19.4. The van der Waals surface area contributed by atoms with Crippen molar-refractivity contribution in [3.63, 3.8) is 0 Å². The van der Waals surface area contributed by atoms with E-state index in [0.717, 1.165) is 5.01 Å². The Morgan fingerprint density at radius 1 is 1.03 bits per heavy atom. The molecule has 3 aromatic heterocycles. The van der Waals surface area contributed by atoms with Crippen LogP contribution in [0.25, 0.3) is 5.65 Å². The van der Waals surface area contributed by atoms with Gasteiger partial charge in [-0.15, -0.1) is 5.10 Å². The van der Waals surface area contributed by atoms with Gasteiger partial charge in [0.15, 0.2) is 5.65 Å². The van der Waals surface area contributed by atoms with E-state index < -0.39 is 30.1 Å². The van der Waals surface area contributed by atoms with Crippen LogP contribution in [0.2, 0.25) is 0 Å². The van der Waals surface area contributed by atoms with E-state index in [1.807, 2.05) is 0 Å². The highest BCUT2D eigenvalue weighted by Gasteiger charge is 2.44. The summed E-state index contributed by atoms with van der Waals surface area (Å²) in [4.78, 5) is 32.8. The van der Waals surface area contributed by atoms with Crippen LogP contribution in [0.1, 0.15) is 29.4 Å². The molecule has 190 valence electrons. The van der Waals surface area contributed by atoms with Gasteiger partial charge in [-0.1, -0.05) is 30.3 Å². The fraction of sp³-hybridized carbons (Fsp3) is 0.120. The van der Waals surface area contributed by atoms with Crippen molar-refractivity contribution in [1.29, 1.82) is 0 Å². The predicted molar refractivity (Wildman–Crippen MR) is 127 cm³/mol. The number of ether oxygens (including phenoxy) is 1. The summed E-state index contributed by atoms with van der Waals surface area (Å²) in [6.45, 7) is 0. The smallest absolute Gasteiger partial charge is 0.403 e. The van der Waals surface area contributed by atoms with Crippen molar-refractivity contribution in [2.45, 2.75) is 18.6 Å². The Kier molecular flexibility index (Phi) is 6.44. The van der Waals surface area contributed by atoms with Crippen molar-refractivity contribution >= 4 is 29.2 Å². The maximum Gasteiger partial charge on any atom is 0.491 e. The molecule has 1 aliphatic heterocycles. The molecule has 0 radical (unpaired) electrons. The lowest BCUT2D eigenvalue weighted by atomic mass is 10.0. The first-order chi connectivity index (χ1) is 18.3. The molecule has 1 N–H and O–H groups in total. The zero-order chi connectivity index (χ0) is 26.7. The molecule has 13 heteroatoms. The maximum atomic E-state index is 13.1. The molecule has 5 rings (SSSR count). The van der Waals surface area contributed by atoms with Gasteiger partial charge in [-0.05, 0) is 41.7 Å². The number of imidazole rings is 1. The number of alkyl halides is 3. The number of carbonyl (C=O) groups is 2. The quantitative estimate of drug-likeness (QED) is 0.317. The zero-order valence-corrected chi connectivity index (χ0v) is 19.3. The van der Waals surface area contributed by atoms with Gasteiger partial charge in [0, 0.05) is 18.1 Å². The van der Waals surface area contributed by atoms with Gasteiger partial charge in [-0.2, -0.15) is 18.3 Å². The Morgan fingerprint density at radius 2 is 1.84 bits per heavy atom. The maximum absolute atomic E-state index is 13.1. The van der Waals surface area contributed by atoms with Gasteiger partial charge < -0.3 is 10.1 Å². The fourth-order valence-corrected chi connectivity index (χ4v) is 3.63. The van der Waals surface area contributed by atoms with Crippen molar-refractivity contribution in [3.05, 3.63) is 90.1 Å². The number of rotatable bonds is 2. The molecule has 0 bridgehead atoms. The van der Waals surface area contributed by atoms with Gasteiger partial charge in [0.25, 0.3) is 0 Å². The highest BCUT2D eigenvalue weighted by Crippen LogP contribution is 2.32. The van der Waals surface area contributed by atoms with E-state index in [4.69, 9.17) is 0 Å². The molecule has 0 saturated heterocycles. The minimum absolute atomic E-state index is 0.223. The molecule has 1 aromatic carbocycles. The van der Waals surface area contributed by atoms with Crippen LogP contribution in [0.3, 0.4) is 0 Å². The molecule has 2 amide bonds. The van der Waals surface area contributed by atoms with Gasteiger partial charge in [0.2, 0.25) is 5.90 Å². The SMILES string of the molecule is O=C(Nc1ccnc(C#Cc2cnc3cccnn23)c1)N1N=C(OC(=O)C(F)(F)F)C[C@@H]1c1ccccc1. The lowest BCUT2D eigenvalue weighted by molar-refractivity contribution is -0.191. The number of benzene rings is 1. The standard InChI is InChI=1S/C25H16F3N7O3/c26-25(27,28)23(36)38-22-14-20(16-5-2-1-3-6-16)35(33-22)24(37)32-18-10-12-29-17(13-18)8-9-19-15-30-21-7-4-11-31-34(19)21/h1-7,10-13,15,20H,14H2,(H,29,32,37)/t20-/m1/s1. The molecule has 0 saturated carbocycles. The average Bonchev–Trinajstić information content (AvgIpc) is 3.52. The second kappa shape index (κ2) is 10.0. The molecular weight excluding hydrogens is 503 g/mol. The molecule has 0 spiro atoms. The molecule has 10 nitrogen and oxygen atoms in total. The van der Waals surface area contributed by atoms with Gasteiger partial charge in [0.05, 0.1) is 18.7 Å². The number of nitrogens with zero attached hydrogens (tertiary/aromatic N) is 6. The first-order valence-electron chi connectivity index (χ1n) is 11.1. The monoisotopic (exact) mass is 519 g/mol. The first-order valence-corrected chi connectivity index (χ1v) is 11.1. The van der Waals surface area contributed by atoms with Crippen LogP contribution in [-0.4, -0.2) is 48.7 Å². The highest BCUT2D eigenvalue weighted by molar-refractivity contribution is 5.96. The van der Waals surface area contributed by atoms with Crippen LogP contribution >= 0.6 is 0 Å². The Balaban J connectivity index is 1.36. The molecule has 1 aliphatic rings. The summed E-state index contributed by atoms with van der Waals surface area (Å²) in [6, 6.07) is 13.5. The first kappa shape index (κ1) is 24.4. The van der Waals surface area contributed by atoms with E-state index in [0.29, 0.717) is 28.3 Å². The molecule has 38 heavy (non-hydrogen) atoms. The third-order valence-electron chi connectivity index (χ3n) is 5.32. The molecule has 0 unspecified atom stereocenters. The van der Waals surface area contributed by atoms with E-state index in [1.165, 1.54) is 18.3 Å². The Labute approximate surface area is 212 Å². The van der Waals surface area contributed by atoms with E-state index in [2.05, 4.69) is 42.1 Å². The number of pyridine rings is 1. The molecule has 0 fully saturated rings. The van der Waals surface area contributed by atoms with Crippen molar-refractivity contribution in [2.24, 2.45) is 5.10 Å². The lowest BCUT2D eigenvalue weighted by Crippen LogP contribution is -2.31. The molecular formula is C25H16F3N7O3. The number of nitrogens with one attached hydrogen (secondary N) is 1. The van der Waals surface area contributed by atoms with Crippen LogP contribution in [0.5, 0.6) is 0 Å². The van der Waals surface area contributed by atoms with Crippen molar-refractivity contribution in [1.82, 2.24) is 24.6 Å². The lowest BCUT2D eigenvalue weighted by Gasteiger charge is -2.21.